The van der Waals surface area contributed by atoms with E-state index >= 15 is 0 Å². The van der Waals surface area contributed by atoms with Crippen molar-refractivity contribution in [1.29, 1.82) is 0 Å². The van der Waals surface area contributed by atoms with Crippen molar-refractivity contribution in [2.24, 2.45) is 5.92 Å². The average molecular weight is 377 g/mol. The van der Waals surface area contributed by atoms with Gasteiger partial charge in [-0.15, -0.1) is 11.3 Å². The topological polar surface area (TPSA) is 89.5 Å². The van der Waals surface area contributed by atoms with Crippen LogP contribution in [0.4, 0.5) is 10.8 Å². The number of hydrogen-bond acceptors (Lipinski definition) is 7. The van der Waals surface area contributed by atoms with Gasteiger partial charge in [-0.2, -0.15) is 0 Å². The van der Waals surface area contributed by atoms with Crippen LogP contribution in [0.5, 0.6) is 5.75 Å². The number of rotatable bonds is 9. The Balaban J connectivity index is 1.81. The molecule has 0 saturated heterocycles. The zero-order chi connectivity index (χ0) is 18.9. The molecule has 0 aliphatic rings. The minimum Gasteiger partial charge on any atom is -0.495 e. The zero-order valence-electron chi connectivity index (χ0n) is 15.1. The molecule has 0 radical (unpaired) electrons. The lowest BCUT2D eigenvalue weighted by Crippen LogP contribution is -2.21. The minimum atomic E-state index is -0.631. The Morgan fingerprint density at radius 3 is 2.77 bits per heavy atom. The van der Waals surface area contributed by atoms with Gasteiger partial charge in [-0.05, 0) is 24.5 Å². The summed E-state index contributed by atoms with van der Waals surface area (Å²) in [5, 5.41) is 8.08. The molecule has 0 bridgehead atoms. The molecular weight excluding hydrogens is 354 g/mol. The van der Waals surface area contributed by atoms with E-state index in [1.807, 2.05) is 0 Å². The second kappa shape index (κ2) is 9.76. The fraction of sp³-hybridized carbons (Fsp3) is 0.389. The number of thiazole rings is 1. The van der Waals surface area contributed by atoms with Crippen LogP contribution >= 0.6 is 11.3 Å². The van der Waals surface area contributed by atoms with Crippen molar-refractivity contribution in [3.8, 4) is 5.75 Å². The van der Waals surface area contributed by atoms with E-state index in [9.17, 15) is 9.59 Å². The molecule has 7 nitrogen and oxygen atoms in total. The van der Waals surface area contributed by atoms with Gasteiger partial charge in [-0.3, -0.25) is 4.79 Å². The molecule has 1 heterocycles. The lowest BCUT2D eigenvalue weighted by molar-refractivity contribution is -0.119. The van der Waals surface area contributed by atoms with E-state index in [-0.39, 0.29) is 5.69 Å². The van der Waals surface area contributed by atoms with E-state index in [0.29, 0.717) is 22.5 Å². The average Bonchev–Trinajstić information content (AvgIpc) is 3.09. The van der Waals surface area contributed by atoms with Gasteiger partial charge in [0.15, 0.2) is 17.4 Å². The predicted molar refractivity (Wildman–Crippen MR) is 102 cm³/mol. The number of aromatic nitrogens is 1. The molecule has 0 aliphatic carbocycles. The highest BCUT2D eigenvalue weighted by atomic mass is 32.1. The van der Waals surface area contributed by atoms with Gasteiger partial charge in [0.2, 0.25) is 0 Å². The number of nitrogens with zero attached hydrogens (tertiary/aromatic N) is 1. The largest absolute Gasteiger partial charge is 0.495 e. The standard InChI is InChI=1S/C18H23N3O4S/c1-12(2)8-9-19-18-21-14(11-26-18)17(23)25-10-16(22)20-13-6-4-5-7-15(13)24-3/h4-7,11-12H,8-10H2,1-3H3,(H,19,21)(H,20,22). The lowest BCUT2D eigenvalue weighted by atomic mass is 10.1. The second-order valence-corrected chi connectivity index (χ2v) is 6.83. The number of para-hydroxylation sites is 2. The first-order valence-corrected chi connectivity index (χ1v) is 9.17. The maximum Gasteiger partial charge on any atom is 0.358 e. The van der Waals surface area contributed by atoms with E-state index < -0.39 is 18.5 Å². The van der Waals surface area contributed by atoms with Crippen LogP contribution in [-0.2, 0) is 9.53 Å². The maximum atomic E-state index is 12.0. The molecule has 0 unspecified atom stereocenters. The summed E-state index contributed by atoms with van der Waals surface area (Å²) in [7, 11) is 1.51. The Morgan fingerprint density at radius 1 is 1.27 bits per heavy atom. The van der Waals surface area contributed by atoms with E-state index in [4.69, 9.17) is 9.47 Å². The molecule has 0 atom stereocenters. The Morgan fingerprint density at radius 2 is 2.04 bits per heavy atom. The molecule has 0 spiro atoms. The molecule has 1 aromatic heterocycles. The Bertz CT molecular complexity index is 746. The third kappa shape index (κ3) is 6.03. The summed E-state index contributed by atoms with van der Waals surface area (Å²) < 4.78 is 10.2. The summed E-state index contributed by atoms with van der Waals surface area (Å²) in [5.41, 5.74) is 0.702. The van der Waals surface area contributed by atoms with Crippen LogP contribution in [0.15, 0.2) is 29.6 Å². The quantitative estimate of drug-likeness (QED) is 0.651. The molecule has 0 fully saturated rings. The number of esters is 1. The number of nitrogens with one attached hydrogen (secondary N) is 2. The SMILES string of the molecule is COc1ccccc1NC(=O)COC(=O)c1csc(NCCC(C)C)n1. The van der Waals surface area contributed by atoms with Crippen LogP contribution in [0.1, 0.15) is 30.8 Å². The molecule has 1 aromatic carbocycles. The van der Waals surface area contributed by atoms with E-state index in [1.54, 1.807) is 29.6 Å². The third-order valence-electron chi connectivity index (χ3n) is 3.43. The summed E-state index contributed by atoms with van der Waals surface area (Å²) in [6.45, 7) is 4.68. The molecule has 8 heteroatoms. The van der Waals surface area contributed by atoms with E-state index in [0.717, 1.165) is 13.0 Å². The number of benzene rings is 1. The highest BCUT2D eigenvalue weighted by molar-refractivity contribution is 7.13. The number of carbonyl (C=O) groups is 2. The van der Waals surface area contributed by atoms with Crippen LogP contribution < -0.4 is 15.4 Å². The Labute approximate surface area is 156 Å². The van der Waals surface area contributed by atoms with Crippen molar-refractivity contribution in [3.05, 3.63) is 35.3 Å². The number of carbonyl (C=O) groups excluding carboxylic acids is 2. The number of hydrogen-bond donors (Lipinski definition) is 2. The van der Waals surface area contributed by atoms with Gasteiger partial charge in [-0.1, -0.05) is 26.0 Å². The normalized spacial score (nSPS) is 10.5. The number of anilines is 2. The zero-order valence-corrected chi connectivity index (χ0v) is 15.9. The van der Waals surface area contributed by atoms with Gasteiger partial charge in [0.05, 0.1) is 12.8 Å². The van der Waals surface area contributed by atoms with Crippen molar-refractivity contribution in [2.75, 3.05) is 30.9 Å². The van der Waals surface area contributed by atoms with Crippen molar-refractivity contribution in [3.63, 3.8) is 0 Å². The van der Waals surface area contributed by atoms with Crippen LogP contribution in [-0.4, -0.2) is 37.1 Å². The number of methoxy groups -OCH3 is 1. The lowest BCUT2D eigenvalue weighted by Gasteiger charge is -2.09. The van der Waals surface area contributed by atoms with Crippen molar-refractivity contribution < 1.29 is 19.1 Å². The van der Waals surface area contributed by atoms with Gasteiger partial charge in [-0.25, -0.2) is 9.78 Å². The fourth-order valence-electron chi connectivity index (χ4n) is 2.06. The van der Waals surface area contributed by atoms with Crippen molar-refractivity contribution in [1.82, 2.24) is 4.98 Å². The number of ether oxygens (including phenoxy) is 2. The summed E-state index contributed by atoms with van der Waals surface area (Å²) in [4.78, 5) is 28.1. The fourth-order valence-corrected chi connectivity index (χ4v) is 2.76. The van der Waals surface area contributed by atoms with Gasteiger partial charge in [0.1, 0.15) is 5.75 Å². The highest BCUT2D eigenvalue weighted by Gasteiger charge is 2.15. The summed E-state index contributed by atoms with van der Waals surface area (Å²) >= 11 is 1.33. The van der Waals surface area contributed by atoms with Crippen LogP contribution in [0, 0.1) is 5.92 Å². The molecule has 26 heavy (non-hydrogen) atoms. The van der Waals surface area contributed by atoms with E-state index in [2.05, 4.69) is 29.5 Å². The predicted octanol–water partition coefficient (Wildman–Crippen LogP) is 3.41. The Kier molecular flexibility index (Phi) is 7.40. The van der Waals surface area contributed by atoms with Crippen LogP contribution in [0.3, 0.4) is 0 Å². The van der Waals surface area contributed by atoms with E-state index in [1.165, 1.54) is 18.4 Å². The molecule has 2 N–H and O–H groups in total. The third-order valence-corrected chi connectivity index (χ3v) is 4.23. The summed E-state index contributed by atoms with van der Waals surface area (Å²) in [6, 6.07) is 7.00. The molecule has 2 aromatic rings. The molecule has 1 amide bonds. The number of amides is 1. The summed E-state index contributed by atoms with van der Waals surface area (Å²) in [6.07, 6.45) is 1.02. The van der Waals surface area contributed by atoms with Crippen molar-refractivity contribution >= 4 is 34.0 Å². The second-order valence-electron chi connectivity index (χ2n) is 5.97. The first kappa shape index (κ1) is 19.7. The highest BCUT2D eigenvalue weighted by Crippen LogP contribution is 2.23. The van der Waals surface area contributed by atoms with Crippen LogP contribution in [0.2, 0.25) is 0 Å². The molecule has 2 rings (SSSR count). The maximum absolute atomic E-state index is 12.0. The first-order valence-electron chi connectivity index (χ1n) is 8.29. The Hall–Kier alpha value is -2.61. The molecular formula is C18H23N3O4S. The van der Waals surface area contributed by atoms with Gasteiger partial charge in [0, 0.05) is 11.9 Å². The molecule has 0 saturated carbocycles. The van der Waals surface area contributed by atoms with Gasteiger partial charge < -0.3 is 20.1 Å². The minimum absolute atomic E-state index is 0.187. The smallest absolute Gasteiger partial charge is 0.358 e. The van der Waals surface area contributed by atoms with Crippen molar-refractivity contribution in [2.45, 2.75) is 20.3 Å². The monoisotopic (exact) mass is 377 g/mol. The van der Waals surface area contributed by atoms with Gasteiger partial charge >= 0.3 is 5.97 Å². The summed E-state index contributed by atoms with van der Waals surface area (Å²) in [5.74, 6) is 0.0409. The molecule has 0 aliphatic heterocycles. The van der Waals surface area contributed by atoms with Crippen LogP contribution in [0.25, 0.3) is 0 Å². The van der Waals surface area contributed by atoms with Gasteiger partial charge in [0.25, 0.3) is 5.91 Å². The molecule has 140 valence electrons. The first-order chi connectivity index (χ1) is 12.5.